The van der Waals surface area contributed by atoms with E-state index in [0.717, 1.165) is 121 Å². The molecule has 93 heavy (non-hydrogen) atoms. The Bertz CT molecular complexity index is 1910. The van der Waals surface area contributed by atoms with Crippen molar-refractivity contribution in [3.05, 3.63) is 24.3 Å². The van der Waals surface area contributed by atoms with Crippen LogP contribution in [-0.4, -0.2) is 96.7 Å². The van der Waals surface area contributed by atoms with Crippen LogP contribution >= 0.6 is 15.6 Å². The minimum absolute atomic E-state index is 0.0839. The highest BCUT2D eigenvalue weighted by molar-refractivity contribution is 7.47. The molecule has 3 unspecified atom stereocenters. The average molecular weight is 1360 g/mol. The second kappa shape index (κ2) is 64.2. The highest BCUT2D eigenvalue weighted by Gasteiger charge is 2.30. The summed E-state index contributed by atoms with van der Waals surface area (Å²) in [6.45, 7) is 11.8. The number of hydrogen-bond donors (Lipinski definition) is 3. The van der Waals surface area contributed by atoms with Crippen LogP contribution in [0.1, 0.15) is 350 Å². The van der Waals surface area contributed by atoms with Gasteiger partial charge >= 0.3 is 39.5 Å². The molecule has 0 aliphatic rings. The number of allylic oxidation sites excluding steroid dienone is 4. The third-order valence-electron chi connectivity index (χ3n) is 16.5. The Morgan fingerprint density at radius 3 is 0.871 bits per heavy atom. The van der Waals surface area contributed by atoms with Crippen molar-refractivity contribution in [3.63, 3.8) is 0 Å². The summed E-state index contributed by atoms with van der Waals surface area (Å²) in [5, 5.41) is 10.6. The standard InChI is InChI=1S/C74H140O17P2/c1-8-9-10-11-12-13-14-15-16-17-21-28-35-43-50-57-73(78)91-70(62-85-72(77)56-49-42-37-30-33-40-47-54-67(6)7)64-89-93(82,83)87-60-68(75)59-86-92(80,81)88-63-69(61-84-71(76)55-48-41-34-27-24-23-26-32-39-46-53-66(4)5)90-74(79)58-51-44-36-29-22-19-18-20-25-31-38-45-52-65(2)3/h13-16,65-70,75H,8-12,17-64H2,1-7H3,(H,80,81)(H,82,83)/b14-13-,16-15-/t68?,69-,70-/m1/s1. The number of esters is 4. The number of aliphatic hydroxyl groups excluding tert-OH is 1. The maximum absolute atomic E-state index is 13.1. The van der Waals surface area contributed by atoms with Crippen LogP contribution in [0.2, 0.25) is 0 Å². The van der Waals surface area contributed by atoms with Gasteiger partial charge in [-0.1, -0.05) is 297 Å². The van der Waals surface area contributed by atoms with Gasteiger partial charge in [0.25, 0.3) is 0 Å². The molecule has 0 aromatic rings. The number of carbonyl (C=O) groups excluding carboxylic acids is 4. The van der Waals surface area contributed by atoms with Gasteiger partial charge in [0.2, 0.25) is 0 Å². The highest BCUT2D eigenvalue weighted by Crippen LogP contribution is 2.45. The minimum atomic E-state index is -4.96. The van der Waals surface area contributed by atoms with E-state index in [1.165, 1.54) is 141 Å². The van der Waals surface area contributed by atoms with E-state index >= 15 is 0 Å². The fourth-order valence-electron chi connectivity index (χ4n) is 10.7. The average Bonchev–Trinajstić information content (AvgIpc) is 1.85. The van der Waals surface area contributed by atoms with Gasteiger partial charge in [0.15, 0.2) is 12.2 Å². The first-order chi connectivity index (χ1) is 44.7. The van der Waals surface area contributed by atoms with Crippen LogP contribution in [0.3, 0.4) is 0 Å². The molecule has 0 amide bonds. The fraction of sp³-hybridized carbons (Fsp3) is 0.892. The summed E-state index contributed by atoms with van der Waals surface area (Å²) in [4.78, 5) is 72.7. The summed E-state index contributed by atoms with van der Waals surface area (Å²) in [5.41, 5.74) is 0. The molecule has 17 nitrogen and oxygen atoms in total. The van der Waals surface area contributed by atoms with E-state index in [4.69, 9.17) is 37.0 Å². The van der Waals surface area contributed by atoms with Gasteiger partial charge in [-0.3, -0.25) is 37.3 Å². The molecule has 548 valence electrons. The van der Waals surface area contributed by atoms with Gasteiger partial charge in [-0.25, -0.2) is 9.13 Å². The lowest BCUT2D eigenvalue weighted by Crippen LogP contribution is -2.30. The van der Waals surface area contributed by atoms with Crippen molar-refractivity contribution in [1.82, 2.24) is 0 Å². The van der Waals surface area contributed by atoms with Gasteiger partial charge < -0.3 is 33.8 Å². The van der Waals surface area contributed by atoms with Gasteiger partial charge in [-0.15, -0.1) is 0 Å². The molecule has 3 N–H and O–H groups in total. The molecule has 0 fully saturated rings. The first kappa shape index (κ1) is 90.5. The van der Waals surface area contributed by atoms with E-state index in [9.17, 15) is 43.2 Å². The second-order valence-corrected chi connectivity index (χ2v) is 30.3. The largest absolute Gasteiger partial charge is 0.472 e. The maximum atomic E-state index is 13.1. The van der Waals surface area contributed by atoms with Crippen molar-refractivity contribution >= 4 is 39.5 Å². The van der Waals surface area contributed by atoms with Gasteiger partial charge in [-0.05, 0) is 69.1 Å². The number of unbranched alkanes of at least 4 members (excludes halogenated alkanes) is 35. The summed E-state index contributed by atoms with van der Waals surface area (Å²) in [6, 6.07) is 0. The van der Waals surface area contributed by atoms with Crippen LogP contribution in [-0.2, 0) is 65.4 Å². The molecule has 0 aromatic heterocycles. The Labute approximate surface area is 567 Å². The Kier molecular flexibility index (Phi) is 62.5. The molecular weight excluding hydrogens is 1220 g/mol. The summed E-state index contributed by atoms with van der Waals surface area (Å²) in [5.74, 6) is 0.0820. The van der Waals surface area contributed by atoms with E-state index in [0.29, 0.717) is 31.6 Å². The molecule has 5 atom stereocenters. The summed E-state index contributed by atoms with van der Waals surface area (Å²) in [6.07, 6.45) is 52.2. The van der Waals surface area contributed by atoms with E-state index in [-0.39, 0.29) is 25.7 Å². The molecule has 0 heterocycles. The van der Waals surface area contributed by atoms with E-state index < -0.39 is 97.5 Å². The molecule has 0 radical (unpaired) electrons. The van der Waals surface area contributed by atoms with Crippen molar-refractivity contribution in [3.8, 4) is 0 Å². The number of hydrogen-bond acceptors (Lipinski definition) is 15. The number of phosphoric acid groups is 2. The van der Waals surface area contributed by atoms with Gasteiger partial charge in [0.05, 0.1) is 26.4 Å². The van der Waals surface area contributed by atoms with Crippen LogP contribution in [0.15, 0.2) is 24.3 Å². The predicted molar refractivity (Wildman–Crippen MR) is 377 cm³/mol. The molecule has 0 aliphatic heterocycles. The summed E-state index contributed by atoms with van der Waals surface area (Å²) in [7, 11) is -9.92. The Hall–Kier alpha value is -2.46. The molecule has 0 aliphatic carbocycles. The van der Waals surface area contributed by atoms with Crippen LogP contribution in [0, 0.1) is 17.8 Å². The molecule has 0 rings (SSSR count). The second-order valence-electron chi connectivity index (χ2n) is 27.4. The van der Waals surface area contributed by atoms with E-state index in [2.05, 4.69) is 72.8 Å². The third kappa shape index (κ3) is 67.9. The lowest BCUT2D eigenvalue weighted by atomic mass is 10.0. The number of ether oxygens (including phenoxy) is 4. The van der Waals surface area contributed by atoms with Crippen LogP contribution in [0.25, 0.3) is 0 Å². The topological polar surface area (TPSA) is 237 Å². The first-order valence-corrected chi connectivity index (χ1v) is 40.7. The molecule has 0 bridgehead atoms. The Morgan fingerprint density at radius 1 is 0.333 bits per heavy atom. The molecule has 0 saturated carbocycles. The maximum Gasteiger partial charge on any atom is 0.472 e. The minimum Gasteiger partial charge on any atom is -0.462 e. The van der Waals surface area contributed by atoms with E-state index in [1.54, 1.807) is 0 Å². The normalized spacial score (nSPS) is 14.3. The Morgan fingerprint density at radius 2 is 0.581 bits per heavy atom. The van der Waals surface area contributed by atoms with Gasteiger partial charge in [0.1, 0.15) is 19.3 Å². The molecule has 0 saturated heterocycles. The lowest BCUT2D eigenvalue weighted by Gasteiger charge is -2.21. The van der Waals surface area contributed by atoms with Gasteiger partial charge in [0, 0.05) is 25.7 Å². The SMILES string of the molecule is CCCCCC/C=C\C=C/CCCCCCCC(=O)O[C@H](COC(=O)CCCCCCCCCC(C)C)COP(=O)(O)OCC(O)COP(=O)(O)OC[C@@H](COC(=O)CCCCCCCCCCCCC(C)C)OC(=O)CCCCCCCCCCCCCCC(C)C. The van der Waals surface area contributed by atoms with Crippen molar-refractivity contribution in [1.29, 1.82) is 0 Å². The number of aliphatic hydroxyl groups is 1. The number of rotatable bonds is 70. The Balaban J connectivity index is 5.29. The zero-order chi connectivity index (χ0) is 68.7. The molecule has 0 aromatic carbocycles. The molecule has 0 spiro atoms. The quantitative estimate of drug-likeness (QED) is 0.0169. The fourth-order valence-corrected chi connectivity index (χ4v) is 12.3. The predicted octanol–water partition coefficient (Wildman–Crippen LogP) is 21.0. The van der Waals surface area contributed by atoms with Crippen molar-refractivity contribution in [2.75, 3.05) is 39.6 Å². The van der Waals surface area contributed by atoms with Crippen molar-refractivity contribution in [2.45, 2.75) is 369 Å². The number of carbonyl (C=O) groups is 4. The van der Waals surface area contributed by atoms with Gasteiger partial charge in [-0.2, -0.15) is 0 Å². The van der Waals surface area contributed by atoms with Crippen LogP contribution in [0.5, 0.6) is 0 Å². The third-order valence-corrected chi connectivity index (χ3v) is 18.4. The molecular formula is C74H140O17P2. The van der Waals surface area contributed by atoms with Crippen LogP contribution in [0.4, 0.5) is 0 Å². The monoisotopic (exact) mass is 1360 g/mol. The highest BCUT2D eigenvalue weighted by atomic mass is 31.2. The number of phosphoric ester groups is 2. The summed E-state index contributed by atoms with van der Waals surface area (Å²) >= 11 is 0. The van der Waals surface area contributed by atoms with Crippen molar-refractivity contribution < 1.29 is 80.2 Å². The van der Waals surface area contributed by atoms with E-state index in [1.807, 2.05) is 0 Å². The first-order valence-electron chi connectivity index (χ1n) is 37.7. The summed E-state index contributed by atoms with van der Waals surface area (Å²) < 4.78 is 68.4. The lowest BCUT2D eigenvalue weighted by molar-refractivity contribution is -0.161. The molecule has 19 heteroatoms. The smallest absolute Gasteiger partial charge is 0.462 e. The van der Waals surface area contributed by atoms with Crippen LogP contribution < -0.4 is 0 Å². The zero-order valence-electron chi connectivity index (χ0n) is 60.2. The zero-order valence-corrected chi connectivity index (χ0v) is 62.0. The van der Waals surface area contributed by atoms with Crippen molar-refractivity contribution in [2.24, 2.45) is 17.8 Å².